The van der Waals surface area contributed by atoms with E-state index in [0.717, 1.165) is 11.8 Å². The lowest BCUT2D eigenvalue weighted by Crippen LogP contribution is -2.42. The molecule has 2 heterocycles. The van der Waals surface area contributed by atoms with Crippen molar-refractivity contribution in [3.8, 4) is 0 Å². The molecule has 1 fully saturated rings. The molecule has 17 heavy (non-hydrogen) atoms. The van der Waals surface area contributed by atoms with Gasteiger partial charge < -0.3 is 4.90 Å². The fourth-order valence-electron chi connectivity index (χ4n) is 3.58. The lowest BCUT2D eigenvalue weighted by molar-refractivity contribution is 0.133. The molecule has 0 amide bonds. The molecule has 2 atom stereocenters. The normalized spacial score (nSPS) is 29.2. The van der Waals surface area contributed by atoms with Crippen LogP contribution in [0, 0.1) is 11.8 Å². The van der Waals surface area contributed by atoms with Crippen LogP contribution in [0.1, 0.15) is 43.1 Å². The van der Waals surface area contributed by atoms with Crippen molar-refractivity contribution in [3.05, 3.63) is 17.0 Å². The molecule has 1 N–H and O–H groups in total. The second kappa shape index (κ2) is 4.13. The highest BCUT2D eigenvalue weighted by atomic mass is 15.1. The molecule has 0 aromatic carbocycles. The zero-order chi connectivity index (χ0) is 12.0. The number of rotatable bonds is 1. The van der Waals surface area contributed by atoms with Crippen LogP contribution in [-0.2, 0) is 12.8 Å². The highest BCUT2D eigenvalue weighted by Crippen LogP contribution is 2.37. The molecule has 1 aromatic heterocycles. The number of piperidine rings is 1. The molecular formula is C14H23N3. The van der Waals surface area contributed by atoms with Gasteiger partial charge in [-0.15, -0.1) is 0 Å². The van der Waals surface area contributed by atoms with Crippen molar-refractivity contribution in [1.82, 2.24) is 15.1 Å². The van der Waals surface area contributed by atoms with Crippen LogP contribution in [0.5, 0.6) is 0 Å². The molecule has 3 nitrogen and oxygen atoms in total. The first-order valence-electron chi connectivity index (χ1n) is 6.89. The van der Waals surface area contributed by atoms with Crippen LogP contribution in [0.2, 0.25) is 0 Å². The van der Waals surface area contributed by atoms with E-state index in [2.05, 4.69) is 36.0 Å². The number of aromatic amines is 1. The quantitative estimate of drug-likeness (QED) is 0.806. The zero-order valence-corrected chi connectivity index (χ0v) is 11.2. The number of aromatic nitrogens is 2. The molecule has 1 aliphatic carbocycles. The Morgan fingerprint density at radius 1 is 1.29 bits per heavy atom. The summed E-state index contributed by atoms with van der Waals surface area (Å²) in [4.78, 5) is 2.49. The Labute approximate surface area is 104 Å². The van der Waals surface area contributed by atoms with Crippen molar-refractivity contribution in [1.29, 1.82) is 0 Å². The average molecular weight is 233 g/mol. The molecule has 0 bridgehead atoms. The fourth-order valence-corrected chi connectivity index (χ4v) is 3.58. The first-order valence-corrected chi connectivity index (χ1v) is 6.89. The van der Waals surface area contributed by atoms with E-state index in [4.69, 9.17) is 0 Å². The molecule has 94 valence electrons. The number of nitrogens with one attached hydrogen (secondary N) is 1. The third-order valence-electron chi connectivity index (χ3n) is 4.56. The van der Waals surface area contributed by atoms with Crippen molar-refractivity contribution >= 4 is 0 Å². The summed E-state index contributed by atoms with van der Waals surface area (Å²) in [5.41, 5.74) is 4.28. The third kappa shape index (κ3) is 1.90. The second-order valence-electron chi connectivity index (χ2n) is 6.20. The summed E-state index contributed by atoms with van der Waals surface area (Å²) in [7, 11) is 2.25. The van der Waals surface area contributed by atoms with Gasteiger partial charge in [-0.25, -0.2) is 0 Å². The first-order chi connectivity index (χ1) is 8.15. The summed E-state index contributed by atoms with van der Waals surface area (Å²) < 4.78 is 0. The van der Waals surface area contributed by atoms with E-state index in [0.29, 0.717) is 5.92 Å². The number of fused-ring (bicyclic) bond motifs is 2. The number of hydrogen-bond acceptors (Lipinski definition) is 2. The lowest BCUT2D eigenvalue weighted by atomic mass is 9.73. The van der Waals surface area contributed by atoms with Crippen LogP contribution in [0.15, 0.2) is 0 Å². The molecule has 1 saturated heterocycles. The van der Waals surface area contributed by atoms with E-state index in [9.17, 15) is 0 Å². The van der Waals surface area contributed by atoms with Gasteiger partial charge in [-0.05, 0) is 56.2 Å². The van der Waals surface area contributed by atoms with Gasteiger partial charge in [0.15, 0.2) is 0 Å². The largest absolute Gasteiger partial charge is 0.306 e. The molecule has 2 aliphatic rings. The number of H-pyrrole nitrogens is 1. The first kappa shape index (κ1) is 11.3. The van der Waals surface area contributed by atoms with Gasteiger partial charge >= 0.3 is 0 Å². The van der Waals surface area contributed by atoms with Crippen LogP contribution >= 0.6 is 0 Å². The standard InChI is InChI=1S/C14H23N3/c1-9(2)14-12-6-11-8-17(3)5-4-10(11)7-13(12)15-16-14/h9-11H,4-8H2,1-3H3,(H,15,16)/t10-,11+/m1/s1. The Bertz CT molecular complexity index is 408. The highest BCUT2D eigenvalue weighted by molar-refractivity contribution is 5.31. The van der Waals surface area contributed by atoms with E-state index >= 15 is 0 Å². The maximum absolute atomic E-state index is 4.54. The van der Waals surface area contributed by atoms with Crippen molar-refractivity contribution in [3.63, 3.8) is 0 Å². The summed E-state index contributed by atoms with van der Waals surface area (Å²) >= 11 is 0. The molecule has 0 spiro atoms. The van der Waals surface area contributed by atoms with Gasteiger partial charge in [-0.3, -0.25) is 5.10 Å². The topological polar surface area (TPSA) is 31.9 Å². The zero-order valence-electron chi connectivity index (χ0n) is 11.2. The fraction of sp³-hybridized carbons (Fsp3) is 0.786. The Morgan fingerprint density at radius 2 is 2.12 bits per heavy atom. The molecule has 0 saturated carbocycles. The van der Waals surface area contributed by atoms with Crippen LogP contribution in [-0.4, -0.2) is 35.2 Å². The molecule has 3 heteroatoms. The van der Waals surface area contributed by atoms with Crippen LogP contribution in [0.4, 0.5) is 0 Å². The summed E-state index contributed by atoms with van der Waals surface area (Å²) in [5, 5.41) is 7.82. The van der Waals surface area contributed by atoms with Gasteiger partial charge in [-0.1, -0.05) is 13.8 Å². The summed E-state index contributed by atoms with van der Waals surface area (Å²) in [6.07, 6.45) is 3.83. The van der Waals surface area contributed by atoms with Crippen LogP contribution < -0.4 is 0 Å². The summed E-state index contributed by atoms with van der Waals surface area (Å²) in [5.74, 6) is 2.29. The predicted octanol–water partition coefficient (Wildman–Crippen LogP) is 2.20. The summed E-state index contributed by atoms with van der Waals surface area (Å²) in [6, 6.07) is 0. The van der Waals surface area contributed by atoms with E-state index < -0.39 is 0 Å². The Kier molecular flexibility index (Phi) is 2.74. The monoisotopic (exact) mass is 233 g/mol. The Morgan fingerprint density at radius 3 is 2.88 bits per heavy atom. The Balaban J connectivity index is 1.88. The molecular weight excluding hydrogens is 210 g/mol. The van der Waals surface area contributed by atoms with E-state index in [1.807, 2.05) is 0 Å². The molecule has 0 unspecified atom stereocenters. The van der Waals surface area contributed by atoms with Gasteiger partial charge in [-0.2, -0.15) is 5.10 Å². The van der Waals surface area contributed by atoms with Gasteiger partial charge in [0.1, 0.15) is 0 Å². The van der Waals surface area contributed by atoms with Gasteiger partial charge in [0.25, 0.3) is 0 Å². The SMILES string of the molecule is CC(C)c1n[nH]c2c1C[C@H]1CN(C)CC[C@@H]1C2. The van der Waals surface area contributed by atoms with Gasteiger partial charge in [0.2, 0.25) is 0 Å². The minimum Gasteiger partial charge on any atom is -0.306 e. The van der Waals surface area contributed by atoms with Crippen molar-refractivity contribution < 1.29 is 0 Å². The number of hydrogen-bond donors (Lipinski definition) is 1. The smallest absolute Gasteiger partial charge is 0.0682 e. The van der Waals surface area contributed by atoms with Crippen molar-refractivity contribution in [2.24, 2.45) is 11.8 Å². The van der Waals surface area contributed by atoms with Gasteiger partial charge in [0.05, 0.1) is 5.69 Å². The third-order valence-corrected chi connectivity index (χ3v) is 4.56. The highest BCUT2D eigenvalue weighted by Gasteiger charge is 2.34. The Hall–Kier alpha value is -0.830. The maximum Gasteiger partial charge on any atom is 0.0682 e. The molecule has 0 radical (unpaired) electrons. The van der Waals surface area contributed by atoms with Crippen LogP contribution in [0.25, 0.3) is 0 Å². The minimum atomic E-state index is 0.549. The second-order valence-corrected chi connectivity index (χ2v) is 6.20. The van der Waals surface area contributed by atoms with Crippen molar-refractivity contribution in [2.45, 2.75) is 39.0 Å². The number of likely N-dealkylation sites (tertiary alicyclic amines) is 1. The average Bonchev–Trinajstić information content (AvgIpc) is 2.68. The predicted molar refractivity (Wildman–Crippen MR) is 69.2 cm³/mol. The van der Waals surface area contributed by atoms with Gasteiger partial charge in [0, 0.05) is 12.2 Å². The lowest BCUT2D eigenvalue weighted by Gasteiger charge is -2.39. The number of nitrogens with zero attached hydrogens (tertiary/aromatic N) is 2. The van der Waals surface area contributed by atoms with Crippen molar-refractivity contribution in [2.75, 3.05) is 20.1 Å². The molecule has 1 aliphatic heterocycles. The van der Waals surface area contributed by atoms with Crippen LogP contribution in [0.3, 0.4) is 0 Å². The van der Waals surface area contributed by atoms with E-state index in [1.54, 1.807) is 0 Å². The molecule has 1 aromatic rings. The maximum atomic E-state index is 4.54. The molecule has 3 rings (SSSR count). The summed E-state index contributed by atoms with van der Waals surface area (Å²) in [6.45, 7) is 7.03. The minimum absolute atomic E-state index is 0.549. The van der Waals surface area contributed by atoms with E-state index in [-0.39, 0.29) is 0 Å². The van der Waals surface area contributed by atoms with E-state index in [1.165, 1.54) is 49.3 Å².